The Bertz CT molecular complexity index is 701. The Hall–Kier alpha value is -2.69. The van der Waals surface area contributed by atoms with Crippen LogP contribution in [0.1, 0.15) is 40.7 Å². The standard InChI is InChI=1S/C19H23N3O2/c1-4-5-14-21(2)18(23)16-12-9-13-17(20-16)19(24)22(3)15-10-7-6-8-11-15/h6-13H,4-5,14H2,1-3H3. The quantitative estimate of drug-likeness (QED) is 0.819. The van der Waals surface area contributed by atoms with E-state index in [2.05, 4.69) is 11.9 Å². The summed E-state index contributed by atoms with van der Waals surface area (Å²) >= 11 is 0. The van der Waals surface area contributed by atoms with Gasteiger partial charge < -0.3 is 9.80 Å². The fourth-order valence-electron chi connectivity index (χ4n) is 2.31. The number of rotatable bonds is 6. The predicted octanol–water partition coefficient (Wildman–Crippen LogP) is 3.23. The fourth-order valence-corrected chi connectivity index (χ4v) is 2.31. The number of benzene rings is 1. The molecule has 0 N–H and O–H groups in total. The Morgan fingerprint density at radius 2 is 1.54 bits per heavy atom. The van der Waals surface area contributed by atoms with Crippen molar-refractivity contribution in [1.82, 2.24) is 9.88 Å². The third-order valence-corrected chi connectivity index (χ3v) is 3.83. The Balaban J connectivity index is 2.17. The van der Waals surface area contributed by atoms with Crippen LogP contribution in [0.3, 0.4) is 0 Å². The monoisotopic (exact) mass is 325 g/mol. The molecule has 0 fully saturated rings. The molecule has 1 aromatic carbocycles. The molecule has 2 aromatic rings. The van der Waals surface area contributed by atoms with Crippen LogP contribution >= 0.6 is 0 Å². The molecule has 24 heavy (non-hydrogen) atoms. The molecule has 0 unspecified atom stereocenters. The van der Waals surface area contributed by atoms with Gasteiger partial charge in [0.15, 0.2) is 0 Å². The molecule has 5 nitrogen and oxygen atoms in total. The number of anilines is 1. The minimum atomic E-state index is -0.243. The molecule has 2 amide bonds. The molecule has 1 aromatic heterocycles. The zero-order valence-corrected chi connectivity index (χ0v) is 14.4. The minimum absolute atomic E-state index is 0.166. The van der Waals surface area contributed by atoms with Gasteiger partial charge in [0.25, 0.3) is 11.8 Å². The third kappa shape index (κ3) is 4.19. The molecule has 1 heterocycles. The molecule has 0 saturated carbocycles. The van der Waals surface area contributed by atoms with Crippen molar-refractivity contribution in [1.29, 1.82) is 0 Å². The first-order valence-corrected chi connectivity index (χ1v) is 8.10. The average Bonchev–Trinajstić information content (AvgIpc) is 2.65. The third-order valence-electron chi connectivity index (χ3n) is 3.83. The number of carbonyl (C=O) groups excluding carboxylic acids is 2. The van der Waals surface area contributed by atoms with Crippen LogP contribution in [0.25, 0.3) is 0 Å². The SMILES string of the molecule is CCCCN(C)C(=O)c1cccc(C(=O)N(C)c2ccccc2)n1. The highest BCUT2D eigenvalue weighted by Crippen LogP contribution is 2.14. The van der Waals surface area contributed by atoms with E-state index in [-0.39, 0.29) is 17.5 Å². The molecule has 0 atom stereocenters. The van der Waals surface area contributed by atoms with Gasteiger partial charge in [-0.25, -0.2) is 4.98 Å². The zero-order valence-electron chi connectivity index (χ0n) is 14.4. The number of aromatic nitrogens is 1. The van der Waals surface area contributed by atoms with E-state index in [1.165, 1.54) is 4.90 Å². The van der Waals surface area contributed by atoms with Gasteiger partial charge in [-0.1, -0.05) is 37.6 Å². The lowest BCUT2D eigenvalue weighted by Crippen LogP contribution is -2.30. The van der Waals surface area contributed by atoms with Crippen molar-refractivity contribution < 1.29 is 9.59 Å². The van der Waals surface area contributed by atoms with Crippen LogP contribution in [-0.2, 0) is 0 Å². The predicted molar refractivity (Wildman–Crippen MR) is 95.3 cm³/mol. The van der Waals surface area contributed by atoms with Crippen LogP contribution in [-0.4, -0.2) is 42.3 Å². The number of carbonyl (C=O) groups is 2. The lowest BCUT2D eigenvalue weighted by Gasteiger charge is -2.18. The Morgan fingerprint density at radius 3 is 2.17 bits per heavy atom. The van der Waals surface area contributed by atoms with E-state index in [1.54, 1.807) is 37.2 Å². The van der Waals surface area contributed by atoms with E-state index in [9.17, 15) is 9.59 Å². The molecule has 0 bridgehead atoms. The van der Waals surface area contributed by atoms with E-state index < -0.39 is 0 Å². The molecule has 126 valence electrons. The molecule has 0 aliphatic heterocycles. The second-order valence-electron chi connectivity index (χ2n) is 5.69. The molecule has 0 saturated heterocycles. The summed E-state index contributed by atoms with van der Waals surface area (Å²) < 4.78 is 0. The van der Waals surface area contributed by atoms with E-state index in [4.69, 9.17) is 0 Å². The molecular weight excluding hydrogens is 302 g/mol. The molecule has 2 rings (SSSR count). The largest absolute Gasteiger partial charge is 0.340 e. The summed E-state index contributed by atoms with van der Waals surface area (Å²) in [6, 6.07) is 14.3. The van der Waals surface area contributed by atoms with Gasteiger partial charge in [0.05, 0.1) is 0 Å². The number of amides is 2. The summed E-state index contributed by atoms with van der Waals surface area (Å²) in [4.78, 5) is 32.4. The Kier molecular flexibility index (Phi) is 6.07. The van der Waals surface area contributed by atoms with Gasteiger partial charge in [-0.2, -0.15) is 0 Å². The molecule has 0 aliphatic carbocycles. The van der Waals surface area contributed by atoms with Crippen molar-refractivity contribution >= 4 is 17.5 Å². The van der Waals surface area contributed by atoms with E-state index >= 15 is 0 Å². The smallest absolute Gasteiger partial charge is 0.276 e. The molecule has 0 spiro atoms. The average molecular weight is 325 g/mol. The van der Waals surface area contributed by atoms with Crippen molar-refractivity contribution in [3.05, 3.63) is 59.9 Å². The maximum absolute atomic E-state index is 12.6. The van der Waals surface area contributed by atoms with Crippen LogP contribution < -0.4 is 4.90 Å². The lowest BCUT2D eigenvalue weighted by molar-refractivity contribution is 0.0787. The normalized spacial score (nSPS) is 10.3. The van der Waals surface area contributed by atoms with Crippen LogP contribution in [0.2, 0.25) is 0 Å². The molecule has 0 aliphatic rings. The second kappa shape index (κ2) is 8.24. The van der Waals surface area contributed by atoms with Gasteiger partial charge in [-0.05, 0) is 30.7 Å². The number of hydrogen-bond donors (Lipinski definition) is 0. The van der Waals surface area contributed by atoms with E-state index in [1.807, 2.05) is 30.3 Å². The summed E-state index contributed by atoms with van der Waals surface area (Å²) in [6.07, 6.45) is 1.96. The summed E-state index contributed by atoms with van der Waals surface area (Å²) in [5, 5.41) is 0. The maximum atomic E-state index is 12.6. The Morgan fingerprint density at radius 1 is 0.917 bits per heavy atom. The van der Waals surface area contributed by atoms with Gasteiger partial charge in [0.1, 0.15) is 11.4 Å². The van der Waals surface area contributed by atoms with Crippen molar-refractivity contribution in [2.75, 3.05) is 25.5 Å². The van der Waals surface area contributed by atoms with Crippen LogP contribution in [0, 0.1) is 0 Å². The zero-order chi connectivity index (χ0) is 17.5. The fraction of sp³-hybridized carbons (Fsp3) is 0.316. The number of hydrogen-bond acceptors (Lipinski definition) is 3. The Labute approximate surface area is 142 Å². The molecular formula is C19H23N3O2. The van der Waals surface area contributed by atoms with Crippen molar-refractivity contribution in [2.45, 2.75) is 19.8 Å². The first-order chi connectivity index (χ1) is 11.5. The van der Waals surface area contributed by atoms with E-state index in [0.717, 1.165) is 18.5 Å². The van der Waals surface area contributed by atoms with Gasteiger partial charge in [0.2, 0.25) is 0 Å². The number of pyridine rings is 1. The van der Waals surface area contributed by atoms with Gasteiger partial charge in [0, 0.05) is 26.3 Å². The second-order valence-corrected chi connectivity index (χ2v) is 5.69. The molecule has 5 heteroatoms. The first kappa shape index (κ1) is 17.7. The highest BCUT2D eigenvalue weighted by Gasteiger charge is 2.18. The number of para-hydroxylation sites is 1. The first-order valence-electron chi connectivity index (χ1n) is 8.10. The highest BCUT2D eigenvalue weighted by molar-refractivity contribution is 6.05. The van der Waals surface area contributed by atoms with Crippen LogP contribution in [0.5, 0.6) is 0 Å². The van der Waals surface area contributed by atoms with Gasteiger partial charge in [-0.15, -0.1) is 0 Å². The van der Waals surface area contributed by atoms with Gasteiger partial charge in [-0.3, -0.25) is 9.59 Å². The van der Waals surface area contributed by atoms with Crippen molar-refractivity contribution in [2.24, 2.45) is 0 Å². The number of unbranched alkanes of at least 4 members (excludes halogenated alkanes) is 1. The topological polar surface area (TPSA) is 53.5 Å². The summed E-state index contributed by atoms with van der Waals surface area (Å²) in [5.74, 6) is -0.410. The van der Waals surface area contributed by atoms with Crippen molar-refractivity contribution in [3.63, 3.8) is 0 Å². The maximum Gasteiger partial charge on any atom is 0.276 e. The van der Waals surface area contributed by atoms with E-state index in [0.29, 0.717) is 12.2 Å². The number of nitrogens with zero attached hydrogens (tertiary/aromatic N) is 3. The summed E-state index contributed by atoms with van der Waals surface area (Å²) in [5.41, 5.74) is 1.33. The van der Waals surface area contributed by atoms with Crippen molar-refractivity contribution in [3.8, 4) is 0 Å². The van der Waals surface area contributed by atoms with Crippen LogP contribution in [0.4, 0.5) is 5.69 Å². The van der Waals surface area contributed by atoms with Gasteiger partial charge >= 0.3 is 0 Å². The summed E-state index contributed by atoms with van der Waals surface area (Å²) in [7, 11) is 3.45. The molecule has 0 radical (unpaired) electrons. The lowest BCUT2D eigenvalue weighted by atomic mass is 10.2. The highest BCUT2D eigenvalue weighted by atomic mass is 16.2. The van der Waals surface area contributed by atoms with Crippen LogP contribution in [0.15, 0.2) is 48.5 Å². The minimum Gasteiger partial charge on any atom is -0.340 e. The summed E-state index contributed by atoms with van der Waals surface area (Å²) in [6.45, 7) is 2.76.